The molecule has 0 aliphatic heterocycles. The molecule has 0 aromatic heterocycles. The van der Waals surface area contributed by atoms with Crippen LogP contribution in [-0.2, 0) is 5.11 Å². The first-order valence-electron chi connectivity index (χ1n) is 3.57. The average molecular weight is 211 g/mol. The maximum absolute atomic E-state index is 10.4. The third-order valence-electron chi connectivity index (χ3n) is 1.61. The number of nitro groups is 2. The first kappa shape index (κ1) is 10.6. The zero-order valence-corrected chi connectivity index (χ0v) is 7.08. The molecule has 0 aliphatic carbocycles. The SMILES string of the molecule is [O]C(=O)c1ccc([N+](=O)[O-])cc1[N+](=O)[O-]. The number of benzene rings is 1. The van der Waals surface area contributed by atoms with Gasteiger partial charge in [0.25, 0.3) is 11.4 Å². The zero-order chi connectivity index (χ0) is 11.6. The molecule has 0 atom stereocenters. The molecule has 0 N–H and O–H groups in total. The van der Waals surface area contributed by atoms with Gasteiger partial charge in [-0.15, -0.1) is 0 Å². The molecule has 0 spiro atoms. The molecule has 1 radical (unpaired) electrons. The number of nitro benzene ring substituents is 2. The summed E-state index contributed by atoms with van der Waals surface area (Å²) in [5, 5.41) is 31.1. The van der Waals surface area contributed by atoms with Crippen LogP contribution in [0.4, 0.5) is 11.4 Å². The summed E-state index contributed by atoms with van der Waals surface area (Å²) in [6, 6.07) is 2.20. The monoisotopic (exact) mass is 211 g/mol. The van der Waals surface area contributed by atoms with Crippen LogP contribution in [0.1, 0.15) is 10.4 Å². The van der Waals surface area contributed by atoms with E-state index in [4.69, 9.17) is 0 Å². The van der Waals surface area contributed by atoms with E-state index in [-0.39, 0.29) is 0 Å². The van der Waals surface area contributed by atoms with Crippen molar-refractivity contribution in [1.82, 2.24) is 0 Å². The summed E-state index contributed by atoms with van der Waals surface area (Å²) in [5.74, 6) is -1.75. The molecule has 8 heteroatoms. The van der Waals surface area contributed by atoms with Gasteiger partial charge in [-0.05, 0) is 6.07 Å². The number of carbonyl (C=O) groups is 1. The Morgan fingerprint density at radius 2 is 1.73 bits per heavy atom. The number of nitrogens with zero attached hydrogens (tertiary/aromatic N) is 2. The summed E-state index contributed by atoms with van der Waals surface area (Å²) in [6.45, 7) is 0. The summed E-state index contributed by atoms with van der Waals surface area (Å²) in [4.78, 5) is 29.2. The van der Waals surface area contributed by atoms with E-state index < -0.39 is 32.8 Å². The fourth-order valence-electron chi connectivity index (χ4n) is 0.957. The molecule has 0 unspecified atom stereocenters. The highest BCUT2D eigenvalue weighted by Crippen LogP contribution is 2.24. The van der Waals surface area contributed by atoms with Crippen molar-refractivity contribution in [1.29, 1.82) is 0 Å². The van der Waals surface area contributed by atoms with Gasteiger partial charge in [-0.25, -0.2) is 9.90 Å². The van der Waals surface area contributed by atoms with Crippen LogP contribution >= 0.6 is 0 Å². The minimum absolute atomic E-state index is 0.549. The normalized spacial score (nSPS) is 9.60. The van der Waals surface area contributed by atoms with Crippen molar-refractivity contribution in [2.24, 2.45) is 0 Å². The lowest BCUT2D eigenvalue weighted by Gasteiger charge is -1.95. The van der Waals surface area contributed by atoms with Crippen LogP contribution in [0.5, 0.6) is 0 Å². The molecule has 0 aliphatic rings. The van der Waals surface area contributed by atoms with Crippen molar-refractivity contribution in [2.45, 2.75) is 0 Å². The molecule has 1 aromatic rings. The Morgan fingerprint density at radius 3 is 2.13 bits per heavy atom. The van der Waals surface area contributed by atoms with Gasteiger partial charge in [0.15, 0.2) is 0 Å². The minimum atomic E-state index is -1.75. The summed E-state index contributed by atoms with van der Waals surface area (Å²) in [7, 11) is 0. The smallest absolute Gasteiger partial charge is 0.258 e. The molecule has 0 saturated carbocycles. The van der Waals surface area contributed by atoms with Crippen LogP contribution in [0.15, 0.2) is 18.2 Å². The summed E-state index contributed by atoms with van der Waals surface area (Å²) >= 11 is 0. The lowest BCUT2D eigenvalue weighted by atomic mass is 10.1. The molecule has 0 amide bonds. The Balaban J connectivity index is 3.40. The molecule has 1 aromatic carbocycles. The van der Waals surface area contributed by atoms with Gasteiger partial charge in [0.1, 0.15) is 5.56 Å². The predicted molar refractivity (Wildman–Crippen MR) is 44.8 cm³/mol. The van der Waals surface area contributed by atoms with Gasteiger partial charge in [0, 0.05) is 6.07 Å². The number of non-ortho nitro benzene ring substituents is 1. The first-order valence-corrected chi connectivity index (χ1v) is 3.57. The van der Waals surface area contributed by atoms with E-state index in [1.165, 1.54) is 0 Å². The Morgan fingerprint density at radius 1 is 1.13 bits per heavy atom. The van der Waals surface area contributed by atoms with Gasteiger partial charge in [-0.3, -0.25) is 20.2 Å². The van der Waals surface area contributed by atoms with Crippen LogP contribution in [-0.4, -0.2) is 15.8 Å². The minimum Gasteiger partial charge on any atom is -0.258 e. The molecule has 77 valence electrons. The van der Waals surface area contributed by atoms with Crippen molar-refractivity contribution < 1.29 is 19.7 Å². The lowest BCUT2D eigenvalue weighted by molar-refractivity contribution is -0.394. The fourth-order valence-corrected chi connectivity index (χ4v) is 0.957. The van der Waals surface area contributed by atoms with Gasteiger partial charge >= 0.3 is 5.97 Å². The van der Waals surface area contributed by atoms with Gasteiger partial charge in [-0.2, -0.15) is 0 Å². The van der Waals surface area contributed by atoms with Crippen molar-refractivity contribution in [3.8, 4) is 0 Å². The van der Waals surface area contributed by atoms with Gasteiger partial charge in [0.2, 0.25) is 0 Å². The number of hydrogen-bond acceptors (Lipinski definition) is 5. The summed E-state index contributed by atoms with van der Waals surface area (Å²) in [6.07, 6.45) is 0. The summed E-state index contributed by atoms with van der Waals surface area (Å²) in [5.41, 5.74) is -2.10. The van der Waals surface area contributed by atoms with Crippen molar-refractivity contribution >= 4 is 17.3 Å². The molecule has 0 fully saturated rings. The van der Waals surface area contributed by atoms with Crippen molar-refractivity contribution in [3.05, 3.63) is 44.0 Å². The highest BCUT2D eigenvalue weighted by Gasteiger charge is 2.24. The number of rotatable bonds is 3. The number of hydrogen-bond donors (Lipinski definition) is 0. The maximum Gasteiger partial charge on any atom is 0.393 e. The number of carbonyl (C=O) groups excluding carboxylic acids is 1. The Bertz CT molecular complexity index is 455. The largest absolute Gasteiger partial charge is 0.393 e. The van der Waals surface area contributed by atoms with E-state index in [0.717, 1.165) is 12.1 Å². The third kappa shape index (κ3) is 2.05. The second kappa shape index (κ2) is 3.70. The summed E-state index contributed by atoms with van der Waals surface area (Å²) < 4.78 is 0. The second-order valence-electron chi connectivity index (χ2n) is 2.50. The molecule has 0 bridgehead atoms. The molecule has 1 rings (SSSR count). The topological polar surface area (TPSA) is 123 Å². The quantitative estimate of drug-likeness (QED) is 0.546. The van der Waals surface area contributed by atoms with Gasteiger partial charge in [-0.1, -0.05) is 0 Å². The average Bonchev–Trinajstić information content (AvgIpc) is 2.16. The molecule has 8 nitrogen and oxygen atoms in total. The Hall–Kier alpha value is -2.51. The van der Waals surface area contributed by atoms with E-state index >= 15 is 0 Å². The van der Waals surface area contributed by atoms with E-state index in [1.54, 1.807) is 0 Å². The molecule has 15 heavy (non-hydrogen) atoms. The maximum atomic E-state index is 10.4. The van der Waals surface area contributed by atoms with E-state index in [0.29, 0.717) is 6.07 Å². The van der Waals surface area contributed by atoms with E-state index in [9.17, 15) is 30.1 Å². The highest BCUT2D eigenvalue weighted by atomic mass is 16.6. The van der Waals surface area contributed by atoms with Crippen LogP contribution in [0.2, 0.25) is 0 Å². The third-order valence-corrected chi connectivity index (χ3v) is 1.61. The zero-order valence-electron chi connectivity index (χ0n) is 7.08. The second-order valence-corrected chi connectivity index (χ2v) is 2.50. The molecular weight excluding hydrogens is 208 g/mol. The van der Waals surface area contributed by atoms with Crippen LogP contribution in [0, 0.1) is 20.2 Å². The Labute approximate surface area is 82.1 Å². The molecular formula is C7H3N2O6. The van der Waals surface area contributed by atoms with Crippen LogP contribution < -0.4 is 0 Å². The standard InChI is InChI=1S/C7H3N2O6/c10-7(11)5-2-1-4(8(12)13)3-6(5)9(14)15/h1-3H. The predicted octanol–water partition coefficient (Wildman–Crippen LogP) is 1.07. The highest BCUT2D eigenvalue weighted by molar-refractivity contribution is 5.92. The molecule has 0 heterocycles. The van der Waals surface area contributed by atoms with Crippen LogP contribution in [0.25, 0.3) is 0 Å². The van der Waals surface area contributed by atoms with Crippen molar-refractivity contribution in [3.63, 3.8) is 0 Å². The lowest BCUT2D eigenvalue weighted by Crippen LogP contribution is -2.02. The molecule has 0 saturated heterocycles. The Kier molecular flexibility index (Phi) is 2.61. The fraction of sp³-hybridized carbons (Fsp3) is 0. The van der Waals surface area contributed by atoms with E-state index in [2.05, 4.69) is 0 Å². The van der Waals surface area contributed by atoms with Crippen LogP contribution in [0.3, 0.4) is 0 Å². The first-order chi connectivity index (χ1) is 6.93. The van der Waals surface area contributed by atoms with Crippen molar-refractivity contribution in [2.75, 3.05) is 0 Å². The van der Waals surface area contributed by atoms with Gasteiger partial charge < -0.3 is 0 Å². The van der Waals surface area contributed by atoms with E-state index in [1.807, 2.05) is 0 Å². The van der Waals surface area contributed by atoms with Gasteiger partial charge in [0.05, 0.1) is 15.9 Å².